The van der Waals surface area contributed by atoms with Gasteiger partial charge >= 0.3 is 6.03 Å². The van der Waals surface area contributed by atoms with Gasteiger partial charge in [0.25, 0.3) is 5.91 Å². The van der Waals surface area contributed by atoms with E-state index in [2.05, 4.69) is 60.9 Å². The van der Waals surface area contributed by atoms with E-state index in [1.165, 1.54) is 47.1 Å². The third kappa shape index (κ3) is 9.28. The summed E-state index contributed by atoms with van der Waals surface area (Å²) < 4.78 is 14.3. The molecule has 10 nitrogen and oxygen atoms in total. The standard InChI is InChI=1S/C40H48N6O4S/c1-4-22-49-36-23-31(44-40(48)43-30(5-2)6-3)16-19-35(36)50-38-25-41-37(51-38)24-42-39(47)28-14-17-32(18-15-28)46-27-29(26-45-20-10-7-11-21-45)33-12-8-9-13-34(33)46/h8-9,12-19,23,25,27,30H,4-7,10-11,20-22,24,26H2,1-3H3,(H,42,47)(H2,43,44,48). The van der Waals surface area contributed by atoms with Gasteiger partial charge in [-0.2, -0.15) is 0 Å². The number of carbonyl (C=O) groups is 2. The van der Waals surface area contributed by atoms with Gasteiger partial charge in [-0.05, 0) is 93.2 Å². The fourth-order valence-corrected chi connectivity index (χ4v) is 7.07. The van der Waals surface area contributed by atoms with Crippen LogP contribution in [-0.2, 0) is 13.1 Å². The van der Waals surface area contributed by atoms with Gasteiger partial charge in [0.05, 0.1) is 24.9 Å². The number of hydrogen-bond acceptors (Lipinski definition) is 7. The Labute approximate surface area is 304 Å². The zero-order valence-electron chi connectivity index (χ0n) is 29.7. The number of fused-ring (bicyclic) bond motifs is 1. The summed E-state index contributed by atoms with van der Waals surface area (Å²) in [5, 5.41) is 11.4. The van der Waals surface area contributed by atoms with Crippen molar-refractivity contribution < 1.29 is 19.1 Å². The van der Waals surface area contributed by atoms with E-state index in [0.29, 0.717) is 39.4 Å². The Kier molecular flexibility index (Phi) is 12.2. The molecule has 2 aromatic heterocycles. The molecule has 0 radical (unpaired) electrons. The van der Waals surface area contributed by atoms with Crippen molar-refractivity contribution in [2.24, 2.45) is 0 Å². The number of carbonyl (C=O) groups excluding carboxylic acids is 2. The molecule has 3 N–H and O–H groups in total. The number of piperidine rings is 1. The summed E-state index contributed by atoms with van der Waals surface area (Å²) in [5.74, 6) is 0.867. The summed E-state index contributed by atoms with van der Waals surface area (Å²) in [7, 11) is 0. The van der Waals surface area contributed by atoms with Crippen molar-refractivity contribution in [2.75, 3.05) is 25.0 Å². The molecule has 0 bridgehead atoms. The quantitative estimate of drug-likeness (QED) is 0.100. The fourth-order valence-electron chi connectivity index (χ4n) is 6.35. The lowest BCUT2D eigenvalue weighted by molar-refractivity contribution is 0.0951. The maximum Gasteiger partial charge on any atom is 0.319 e. The Hall–Kier alpha value is -4.87. The summed E-state index contributed by atoms with van der Waals surface area (Å²) in [6, 6.07) is 21.4. The third-order valence-corrected chi connectivity index (χ3v) is 10.0. The average molecular weight is 709 g/mol. The topological polar surface area (TPSA) is 110 Å². The number of para-hydroxylation sites is 1. The normalized spacial score (nSPS) is 13.3. The van der Waals surface area contributed by atoms with Crippen LogP contribution >= 0.6 is 11.3 Å². The zero-order valence-corrected chi connectivity index (χ0v) is 30.6. The summed E-state index contributed by atoms with van der Waals surface area (Å²) in [4.78, 5) is 32.6. The molecule has 1 aliphatic rings. The average Bonchev–Trinajstić information content (AvgIpc) is 3.77. The van der Waals surface area contributed by atoms with Crippen LogP contribution in [0.2, 0.25) is 0 Å². The molecular weight excluding hydrogens is 661 g/mol. The lowest BCUT2D eigenvalue weighted by Gasteiger charge is -2.26. The molecule has 6 rings (SSSR count). The highest BCUT2D eigenvalue weighted by Crippen LogP contribution is 2.36. The molecule has 11 heteroatoms. The van der Waals surface area contributed by atoms with Gasteiger partial charge in [-0.1, -0.05) is 56.7 Å². The van der Waals surface area contributed by atoms with Gasteiger partial charge in [-0.25, -0.2) is 9.78 Å². The molecule has 268 valence electrons. The first-order valence-corrected chi connectivity index (χ1v) is 18.9. The minimum absolute atomic E-state index is 0.119. The lowest BCUT2D eigenvalue weighted by atomic mass is 10.1. The van der Waals surface area contributed by atoms with Crippen LogP contribution in [0.1, 0.15) is 80.2 Å². The highest BCUT2D eigenvalue weighted by molar-refractivity contribution is 7.13. The molecule has 0 aliphatic carbocycles. The predicted octanol–water partition coefficient (Wildman–Crippen LogP) is 8.89. The lowest BCUT2D eigenvalue weighted by Crippen LogP contribution is -2.37. The SMILES string of the molecule is CCCOc1cc(NC(=O)NC(CC)CC)ccc1Oc1cnc(CNC(=O)c2ccc(-n3cc(CN4CCCCC4)c4ccccc43)cc2)s1. The Morgan fingerprint density at radius 2 is 1.73 bits per heavy atom. The first-order chi connectivity index (χ1) is 24.9. The van der Waals surface area contributed by atoms with Crippen molar-refractivity contribution >= 4 is 39.9 Å². The molecule has 0 saturated carbocycles. The van der Waals surface area contributed by atoms with Gasteiger partial charge in [0, 0.05) is 47.2 Å². The van der Waals surface area contributed by atoms with Crippen LogP contribution in [0, 0.1) is 0 Å². The highest BCUT2D eigenvalue weighted by Gasteiger charge is 2.17. The van der Waals surface area contributed by atoms with Crippen molar-refractivity contribution in [1.29, 1.82) is 0 Å². The zero-order chi connectivity index (χ0) is 35.6. The maximum absolute atomic E-state index is 13.1. The number of urea groups is 1. The molecule has 1 aliphatic heterocycles. The van der Waals surface area contributed by atoms with E-state index in [0.717, 1.165) is 44.6 Å². The Morgan fingerprint density at radius 1 is 0.941 bits per heavy atom. The molecule has 1 fully saturated rings. The minimum Gasteiger partial charge on any atom is -0.490 e. The number of likely N-dealkylation sites (tertiary alicyclic amines) is 1. The maximum atomic E-state index is 13.1. The number of amides is 3. The fraction of sp³-hybridized carbons (Fsp3) is 0.375. The first kappa shape index (κ1) is 35.9. The third-order valence-electron chi connectivity index (χ3n) is 9.17. The number of thiazole rings is 1. The van der Waals surface area contributed by atoms with E-state index in [1.807, 2.05) is 45.0 Å². The largest absolute Gasteiger partial charge is 0.490 e. The second-order valence-electron chi connectivity index (χ2n) is 12.9. The van der Waals surface area contributed by atoms with Gasteiger partial charge < -0.3 is 30.0 Å². The van der Waals surface area contributed by atoms with Crippen LogP contribution in [0.25, 0.3) is 16.6 Å². The number of hydrogen-bond donors (Lipinski definition) is 3. The number of rotatable bonds is 15. The van der Waals surface area contributed by atoms with Crippen LogP contribution in [0.5, 0.6) is 16.6 Å². The van der Waals surface area contributed by atoms with Gasteiger partial charge in [-0.15, -0.1) is 0 Å². The summed E-state index contributed by atoms with van der Waals surface area (Å²) in [6.45, 7) is 10.2. The van der Waals surface area contributed by atoms with E-state index in [4.69, 9.17) is 9.47 Å². The Morgan fingerprint density at radius 3 is 2.49 bits per heavy atom. The number of benzene rings is 3. The van der Waals surface area contributed by atoms with Crippen molar-refractivity contribution in [3.8, 4) is 22.2 Å². The molecule has 0 atom stereocenters. The smallest absolute Gasteiger partial charge is 0.319 e. The molecule has 3 heterocycles. The molecule has 1 saturated heterocycles. The van der Waals surface area contributed by atoms with Gasteiger partial charge in [0.15, 0.2) is 11.5 Å². The number of aromatic nitrogens is 2. The van der Waals surface area contributed by atoms with E-state index in [-0.39, 0.29) is 24.5 Å². The van der Waals surface area contributed by atoms with Crippen LogP contribution < -0.4 is 25.4 Å². The van der Waals surface area contributed by atoms with Gasteiger partial charge in [0.1, 0.15) is 5.01 Å². The number of anilines is 1. The van der Waals surface area contributed by atoms with Crippen molar-refractivity contribution in [1.82, 2.24) is 25.1 Å². The first-order valence-electron chi connectivity index (χ1n) is 18.1. The van der Waals surface area contributed by atoms with Gasteiger partial charge in [0.2, 0.25) is 5.06 Å². The van der Waals surface area contributed by atoms with Crippen LogP contribution in [0.4, 0.5) is 10.5 Å². The van der Waals surface area contributed by atoms with Crippen LogP contribution in [0.3, 0.4) is 0 Å². The van der Waals surface area contributed by atoms with Crippen LogP contribution in [-0.4, -0.2) is 52.1 Å². The molecular formula is C40H48N6O4S. The number of ether oxygens (including phenoxy) is 2. The van der Waals surface area contributed by atoms with Crippen LogP contribution in [0.15, 0.2) is 79.1 Å². The predicted molar refractivity (Wildman–Crippen MR) is 205 cm³/mol. The highest BCUT2D eigenvalue weighted by atomic mass is 32.1. The number of nitrogens with one attached hydrogen (secondary N) is 3. The Balaban J connectivity index is 1.06. The van der Waals surface area contributed by atoms with E-state index >= 15 is 0 Å². The minimum atomic E-state index is -0.254. The second-order valence-corrected chi connectivity index (χ2v) is 14.0. The van der Waals surface area contributed by atoms with Crippen molar-refractivity contribution in [3.63, 3.8) is 0 Å². The summed E-state index contributed by atoms with van der Waals surface area (Å²) in [5.41, 5.74) is 4.70. The van der Waals surface area contributed by atoms with E-state index < -0.39 is 0 Å². The van der Waals surface area contributed by atoms with Crippen molar-refractivity contribution in [3.05, 3.63) is 95.3 Å². The summed E-state index contributed by atoms with van der Waals surface area (Å²) in [6.07, 6.45) is 10.3. The molecule has 5 aromatic rings. The Bertz CT molecular complexity index is 1910. The van der Waals surface area contributed by atoms with E-state index in [9.17, 15) is 9.59 Å². The second kappa shape index (κ2) is 17.4. The summed E-state index contributed by atoms with van der Waals surface area (Å²) >= 11 is 1.35. The molecule has 3 amide bonds. The van der Waals surface area contributed by atoms with E-state index in [1.54, 1.807) is 24.4 Å². The van der Waals surface area contributed by atoms with Gasteiger partial charge in [-0.3, -0.25) is 9.69 Å². The molecule has 51 heavy (non-hydrogen) atoms. The molecule has 0 spiro atoms. The number of nitrogens with zero attached hydrogens (tertiary/aromatic N) is 3. The molecule has 0 unspecified atom stereocenters. The monoisotopic (exact) mass is 708 g/mol. The van der Waals surface area contributed by atoms with Crippen molar-refractivity contribution in [2.45, 2.75) is 78.4 Å². The molecule has 3 aromatic carbocycles.